The molecule has 4 nitrogen and oxygen atoms in total. The van der Waals surface area contributed by atoms with Gasteiger partial charge in [-0.25, -0.2) is 22.0 Å². The Morgan fingerprint density at radius 2 is 1.73 bits per heavy atom. The van der Waals surface area contributed by atoms with Gasteiger partial charge in [-0.3, -0.25) is 0 Å². The first-order valence-electron chi connectivity index (χ1n) is 5.85. The van der Waals surface area contributed by atoms with Crippen LogP contribution in [0.2, 0.25) is 0 Å². The lowest BCUT2D eigenvalue weighted by Crippen LogP contribution is -2.13. The number of rotatable bonds is 3. The molecule has 0 aliphatic heterocycles. The van der Waals surface area contributed by atoms with Crippen molar-refractivity contribution in [3.05, 3.63) is 58.1 Å². The summed E-state index contributed by atoms with van der Waals surface area (Å²) in [6.45, 7) is 0. The molecule has 2 aromatic rings. The molecule has 0 spiro atoms. The van der Waals surface area contributed by atoms with E-state index < -0.39 is 37.9 Å². The second-order valence-corrected chi connectivity index (χ2v) is 7.04. The van der Waals surface area contributed by atoms with Gasteiger partial charge in [-0.15, -0.1) is 0 Å². The van der Waals surface area contributed by atoms with Crippen LogP contribution in [0.25, 0.3) is 0 Å². The number of hydrogen-bond donors (Lipinski definition) is 0. The first-order valence-corrected chi connectivity index (χ1v) is 8.13. The quantitative estimate of drug-likeness (QED) is 0.595. The monoisotopic (exact) mass is 390 g/mol. The molecule has 0 amide bonds. The van der Waals surface area contributed by atoms with E-state index in [1.807, 2.05) is 0 Å². The fourth-order valence-electron chi connectivity index (χ4n) is 1.80. The SMILES string of the molecule is COC(=O)c1c(F)cc(Br)cc1S(=O)(=O)c1ccc(F)cc1. The van der Waals surface area contributed by atoms with Crippen LogP contribution in [-0.4, -0.2) is 21.5 Å². The molecule has 0 aliphatic carbocycles. The summed E-state index contributed by atoms with van der Waals surface area (Å²) in [6.07, 6.45) is 0. The van der Waals surface area contributed by atoms with E-state index in [-0.39, 0.29) is 9.37 Å². The lowest BCUT2D eigenvalue weighted by molar-refractivity contribution is 0.0590. The average Bonchev–Trinajstić information content (AvgIpc) is 2.46. The van der Waals surface area contributed by atoms with E-state index in [4.69, 9.17) is 0 Å². The van der Waals surface area contributed by atoms with Gasteiger partial charge in [0.25, 0.3) is 0 Å². The number of carbonyl (C=O) groups excluding carboxylic acids is 1. The zero-order valence-corrected chi connectivity index (χ0v) is 13.5. The van der Waals surface area contributed by atoms with Crippen LogP contribution >= 0.6 is 15.9 Å². The predicted octanol–water partition coefficient (Wildman–Crippen LogP) is 3.35. The normalized spacial score (nSPS) is 11.3. The van der Waals surface area contributed by atoms with Gasteiger partial charge in [-0.05, 0) is 36.4 Å². The van der Waals surface area contributed by atoms with E-state index in [1.54, 1.807) is 0 Å². The minimum absolute atomic E-state index is 0.137. The molecule has 22 heavy (non-hydrogen) atoms. The molecule has 0 saturated heterocycles. The number of hydrogen-bond acceptors (Lipinski definition) is 4. The Morgan fingerprint density at radius 3 is 2.27 bits per heavy atom. The van der Waals surface area contributed by atoms with Gasteiger partial charge in [-0.2, -0.15) is 0 Å². The summed E-state index contributed by atoms with van der Waals surface area (Å²) >= 11 is 2.98. The first-order chi connectivity index (χ1) is 10.3. The highest BCUT2D eigenvalue weighted by Gasteiger charge is 2.28. The van der Waals surface area contributed by atoms with Crippen molar-refractivity contribution >= 4 is 31.7 Å². The zero-order chi connectivity index (χ0) is 16.5. The van der Waals surface area contributed by atoms with Crippen molar-refractivity contribution in [2.75, 3.05) is 7.11 Å². The van der Waals surface area contributed by atoms with E-state index in [0.717, 1.165) is 43.5 Å². The van der Waals surface area contributed by atoms with Crippen LogP contribution in [0.5, 0.6) is 0 Å². The smallest absolute Gasteiger partial charge is 0.342 e. The third-order valence-corrected chi connectivity index (χ3v) is 5.07. The molecule has 0 aromatic heterocycles. The Morgan fingerprint density at radius 1 is 1.14 bits per heavy atom. The van der Waals surface area contributed by atoms with Gasteiger partial charge in [0, 0.05) is 4.47 Å². The van der Waals surface area contributed by atoms with Gasteiger partial charge in [0.05, 0.1) is 16.9 Å². The molecule has 0 heterocycles. The van der Waals surface area contributed by atoms with Crippen LogP contribution < -0.4 is 0 Å². The number of esters is 1. The number of carbonyl (C=O) groups is 1. The molecule has 0 atom stereocenters. The van der Waals surface area contributed by atoms with Crippen LogP contribution in [0.3, 0.4) is 0 Å². The van der Waals surface area contributed by atoms with E-state index in [1.165, 1.54) is 0 Å². The Labute approximate surface area is 133 Å². The highest BCUT2D eigenvalue weighted by atomic mass is 79.9. The van der Waals surface area contributed by atoms with Gasteiger partial charge >= 0.3 is 5.97 Å². The van der Waals surface area contributed by atoms with Gasteiger partial charge in [0.1, 0.15) is 17.2 Å². The summed E-state index contributed by atoms with van der Waals surface area (Å²) in [5.74, 6) is -2.78. The van der Waals surface area contributed by atoms with Crippen LogP contribution in [0.1, 0.15) is 10.4 Å². The number of methoxy groups -OCH3 is 1. The van der Waals surface area contributed by atoms with Gasteiger partial charge < -0.3 is 4.74 Å². The number of halogens is 3. The molecular formula is C14H9BrF2O4S. The molecule has 8 heteroatoms. The van der Waals surface area contributed by atoms with Crippen molar-refractivity contribution in [2.45, 2.75) is 9.79 Å². The van der Waals surface area contributed by atoms with E-state index in [9.17, 15) is 22.0 Å². The van der Waals surface area contributed by atoms with Crippen LogP contribution in [-0.2, 0) is 14.6 Å². The van der Waals surface area contributed by atoms with Crippen LogP contribution in [0.4, 0.5) is 8.78 Å². The predicted molar refractivity (Wildman–Crippen MR) is 77.3 cm³/mol. The van der Waals surface area contributed by atoms with Crippen LogP contribution in [0, 0.1) is 11.6 Å². The number of ether oxygens (including phenoxy) is 1. The fourth-order valence-corrected chi connectivity index (χ4v) is 3.86. The van der Waals surface area contributed by atoms with Gasteiger partial charge in [0.2, 0.25) is 9.84 Å². The maximum atomic E-state index is 14.0. The van der Waals surface area contributed by atoms with Gasteiger partial charge in [0.15, 0.2) is 0 Å². The van der Waals surface area contributed by atoms with E-state index in [0.29, 0.717) is 0 Å². The zero-order valence-electron chi connectivity index (χ0n) is 11.1. The minimum atomic E-state index is -4.22. The second kappa shape index (κ2) is 6.13. The lowest BCUT2D eigenvalue weighted by atomic mass is 10.2. The summed E-state index contributed by atoms with van der Waals surface area (Å²) in [5, 5.41) is 0. The summed E-state index contributed by atoms with van der Waals surface area (Å²) < 4.78 is 56.6. The first kappa shape index (κ1) is 16.6. The highest BCUT2D eigenvalue weighted by Crippen LogP contribution is 2.30. The number of sulfone groups is 1. The highest BCUT2D eigenvalue weighted by molar-refractivity contribution is 9.10. The summed E-state index contributed by atoms with van der Waals surface area (Å²) in [7, 11) is -3.21. The standard InChI is InChI=1S/C14H9BrF2O4S/c1-21-14(18)13-11(17)6-8(15)7-12(13)22(19,20)10-4-2-9(16)3-5-10/h2-7H,1H3. The lowest BCUT2D eigenvalue weighted by Gasteiger charge is -2.11. The molecular weight excluding hydrogens is 382 g/mol. The third-order valence-electron chi connectivity index (χ3n) is 2.82. The molecule has 0 fully saturated rings. The molecule has 116 valence electrons. The largest absolute Gasteiger partial charge is 0.465 e. The van der Waals surface area contributed by atoms with Crippen molar-refractivity contribution in [1.29, 1.82) is 0 Å². The maximum Gasteiger partial charge on any atom is 0.342 e. The van der Waals surface area contributed by atoms with Crippen molar-refractivity contribution in [3.8, 4) is 0 Å². The van der Waals surface area contributed by atoms with Crippen molar-refractivity contribution < 1.29 is 26.7 Å². The van der Waals surface area contributed by atoms with Crippen molar-refractivity contribution in [1.82, 2.24) is 0 Å². The third kappa shape index (κ3) is 3.02. The Bertz CT molecular complexity index is 833. The molecule has 2 aromatic carbocycles. The molecule has 0 saturated carbocycles. The summed E-state index contributed by atoms with van der Waals surface area (Å²) in [4.78, 5) is 10.9. The Hall–Kier alpha value is -1.80. The minimum Gasteiger partial charge on any atom is -0.465 e. The second-order valence-electron chi connectivity index (χ2n) is 4.21. The van der Waals surface area contributed by atoms with Crippen LogP contribution in [0.15, 0.2) is 50.7 Å². The topological polar surface area (TPSA) is 60.4 Å². The molecule has 0 radical (unpaired) electrons. The average molecular weight is 391 g/mol. The number of benzene rings is 2. The molecule has 2 rings (SSSR count). The summed E-state index contributed by atoms with van der Waals surface area (Å²) in [6, 6.07) is 6.02. The van der Waals surface area contributed by atoms with Crippen molar-refractivity contribution in [3.63, 3.8) is 0 Å². The van der Waals surface area contributed by atoms with Gasteiger partial charge in [-0.1, -0.05) is 15.9 Å². The van der Waals surface area contributed by atoms with Crippen molar-refractivity contribution in [2.24, 2.45) is 0 Å². The fraction of sp³-hybridized carbons (Fsp3) is 0.0714. The summed E-state index contributed by atoms with van der Waals surface area (Å²) in [5.41, 5.74) is -0.699. The molecule has 0 unspecified atom stereocenters. The van der Waals surface area contributed by atoms with E-state index in [2.05, 4.69) is 20.7 Å². The van der Waals surface area contributed by atoms with E-state index >= 15 is 0 Å². The maximum absolute atomic E-state index is 14.0. The Balaban J connectivity index is 2.75. The molecule has 0 bridgehead atoms. The molecule has 0 aliphatic rings. The molecule has 0 N–H and O–H groups in total. The Kier molecular flexibility index (Phi) is 4.62.